The van der Waals surface area contributed by atoms with Crippen LogP contribution in [0.2, 0.25) is 0 Å². The molecule has 6 heteroatoms. The summed E-state index contributed by atoms with van der Waals surface area (Å²) in [4.78, 5) is 12.7. The van der Waals surface area contributed by atoms with Crippen molar-refractivity contribution < 1.29 is 9.53 Å². The molecule has 1 amide bonds. The van der Waals surface area contributed by atoms with Gasteiger partial charge in [-0.2, -0.15) is 5.26 Å². The van der Waals surface area contributed by atoms with Crippen LogP contribution in [-0.4, -0.2) is 42.3 Å². The van der Waals surface area contributed by atoms with Gasteiger partial charge < -0.3 is 10.1 Å². The molecule has 112 valence electrons. The molecule has 0 saturated carbocycles. The molecule has 0 spiro atoms. The first-order valence-corrected chi connectivity index (χ1v) is 8.10. The lowest BCUT2D eigenvalue weighted by molar-refractivity contribution is -0.110. The Morgan fingerprint density at radius 1 is 1.38 bits per heavy atom. The van der Waals surface area contributed by atoms with Crippen molar-refractivity contribution in [2.24, 2.45) is 0 Å². The number of benzene rings is 1. The number of ether oxygens (including phenoxy) is 1. The molecule has 0 aliphatic carbocycles. The molecule has 5 nitrogen and oxygen atoms in total. The number of amides is 1. The number of carbonyl (C=O) groups is 1. The molecule has 1 heterocycles. The van der Waals surface area contributed by atoms with Gasteiger partial charge in [0.05, 0.1) is 11.6 Å². The minimum atomic E-state index is 0.332. The lowest BCUT2D eigenvalue weighted by Crippen LogP contribution is -2.41. The van der Waals surface area contributed by atoms with Crippen LogP contribution in [-0.2, 0) is 4.79 Å². The van der Waals surface area contributed by atoms with E-state index >= 15 is 0 Å². The van der Waals surface area contributed by atoms with E-state index in [2.05, 4.69) is 16.3 Å². The minimum Gasteiger partial charge on any atom is -0.483 e. The highest BCUT2D eigenvalue weighted by atomic mass is 32.2. The van der Waals surface area contributed by atoms with Crippen LogP contribution in [0.4, 0.5) is 0 Å². The predicted molar refractivity (Wildman–Crippen MR) is 82.9 cm³/mol. The molecule has 1 N–H and O–H groups in total. The average molecular weight is 305 g/mol. The number of hydrogen-bond acceptors (Lipinski definition) is 5. The number of likely N-dealkylation sites (tertiary alicyclic amines) is 1. The van der Waals surface area contributed by atoms with Crippen LogP contribution >= 0.6 is 11.8 Å². The first kappa shape index (κ1) is 15.7. The Labute approximate surface area is 129 Å². The second kappa shape index (κ2) is 8.55. The molecular weight excluding hydrogens is 286 g/mol. The standard InChI is InChI=1S/C15H19N3O2S/c16-9-13-1-3-15(4-2-13)20-12-21-11-18-7-5-14(6-8-18)17-10-19/h1-4,10,14H,5-8,11-12H2,(H,17,19). The second-order valence-corrected chi connectivity index (χ2v) is 5.81. The molecule has 1 aromatic carbocycles. The summed E-state index contributed by atoms with van der Waals surface area (Å²) >= 11 is 1.73. The Bertz CT molecular complexity index is 479. The first-order chi connectivity index (χ1) is 10.3. The van der Waals surface area contributed by atoms with Gasteiger partial charge in [0.2, 0.25) is 6.41 Å². The van der Waals surface area contributed by atoms with Crippen LogP contribution in [0, 0.1) is 11.3 Å². The Morgan fingerprint density at radius 2 is 2.10 bits per heavy atom. The molecule has 0 atom stereocenters. The molecule has 0 bridgehead atoms. The summed E-state index contributed by atoms with van der Waals surface area (Å²) in [6.07, 6.45) is 2.81. The fraction of sp³-hybridized carbons (Fsp3) is 0.467. The van der Waals surface area contributed by atoms with E-state index in [-0.39, 0.29) is 0 Å². The molecule has 0 radical (unpaired) electrons. The van der Waals surface area contributed by atoms with Crippen molar-refractivity contribution in [1.82, 2.24) is 10.2 Å². The Hall–Kier alpha value is -1.71. The van der Waals surface area contributed by atoms with Gasteiger partial charge in [0, 0.05) is 25.0 Å². The van der Waals surface area contributed by atoms with Gasteiger partial charge in [-0.05, 0) is 37.1 Å². The number of nitrogens with zero attached hydrogens (tertiary/aromatic N) is 2. The van der Waals surface area contributed by atoms with Gasteiger partial charge in [0.25, 0.3) is 0 Å². The van der Waals surface area contributed by atoms with Crippen molar-refractivity contribution >= 4 is 18.2 Å². The highest BCUT2D eigenvalue weighted by Gasteiger charge is 2.17. The van der Waals surface area contributed by atoms with E-state index in [0.717, 1.165) is 44.0 Å². The lowest BCUT2D eigenvalue weighted by Gasteiger charge is -2.31. The summed E-state index contributed by atoms with van der Waals surface area (Å²) in [6.45, 7) is 2.02. The van der Waals surface area contributed by atoms with Gasteiger partial charge in [-0.25, -0.2) is 0 Å². The fourth-order valence-corrected chi connectivity index (χ4v) is 3.04. The van der Waals surface area contributed by atoms with Crippen LogP contribution in [0.5, 0.6) is 5.75 Å². The van der Waals surface area contributed by atoms with Crippen LogP contribution in [0.3, 0.4) is 0 Å². The zero-order valence-corrected chi connectivity index (χ0v) is 12.6. The summed E-state index contributed by atoms with van der Waals surface area (Å²) in [5.74, 6) is 2.32. The van der Waals surface area contributed by atoms with Crippen molar-refractivity contribution in [3.63, 3.8) is 0 Å². The third kappa shape index (κ3) is 5.29. The average Bonchev–Trinajstić information content (AvgIpc) is 2.54. The number of piperidine rings is 1. The number of rotatable bonds is 7. The van der Waals surface area contributed by atoms with E-state index < -0.39 is 0 Å². The summed E-state index contributed by atoms with van der Waals surface area (Å²) in [5, 5.41) is 11.6. The highest BCUT2D eigenvalue weighted by Crippen LogP contribution is 2.16. The lowest BCUT2D eigenvalue weighted by atomic mass is 10.1. The molecule has 1 aliphatic heterocycles. The minimum absolute atomic E-state index is 0.332. The van der Waals surface area contributed by atoms with E-state index in [4.69, 9.17) is 10.00 Å². The third-order valence-corrected chi connectivity index (χ3v) is 4.29. The molecule has 1 fully saturated rings. The molecule has 2 rings (SSSR count). The predicted octanol–water partition coefficient (Wildman–Crippen LogP) is 1.80. The van der Waals surface area contributed by atoms with Gasteiger partial charge in [-0.3, -0.25) is 9.69 Å². The van der Waals surface area contributed by atoms with E-state index in [1.807, 2.05) is 12.1 Å². The maximum Gasteiger partial charge on any atom is 0.207 e. The number of hydrogen-bond donors (Lipinski definition) is 1. The maximum atomic E-state index is 10.4. The Balaban J connectivity index is 1.59. The smallest absolute Gasteiger partial charge is 0.207 e. The zero-order valence-electron chi connectivity index (χ0n) is 11.8. The number of carbonyl (C=O) groups excluding carboxylic acids is 1. The Morgan fingerprint density at radius 3 is 2.71 bits per heavy atom. The van der Waals surface area contributed by atoms with Crippen LogP contribution in [0.25, 0.3) is 0 Å². The topological polar surface area (TPSA) is 65.4 Å². The summed E-state index contributed by atoms with van der Waals surface area (Å²) in [6, 6.07) is 9.55. The van der Waals surface area contributed by atoms with Gasteiger partial charge in [0.1, 0.15) is 11.7 Å². The number of nitrogens with one attached hydrogen (secondary N) is 1. The highest BCUT2D eigenvalue weighted by molar-refractivity contribution is 7.99. The second-order valence-electron chi connectivity index (χ2n) is 4.91. The van der Waals surface area contributed by atoms with Gasteiger partial charge in [-0.1, -0.05) is 0 Å². The molecule has 1 aromatic rings. The van der Waals surface area contributed by atoms with Crippen molar-refractivity contribution in [3.05, 3.63) is 29.8 Å². The first-order valence-electron chi connectivity index (χ1n) is 6.94. The molecule has 1 aliphatic rings. The summed E-state index contributed by atoms with van der Waals surface area (Å²) in [5.41, 5.74) is 0.641. The van der Waals surface area contributed by atoms with Crippen molar-refractivity contribution in [3.8, 4) is 11.8 Å². The van der Waals surface area contributed by atoms with Crippen LogP contribution < -0.4 is 10.1 Å². The van der Waals surface area contributed by atoms with E-state index in [1.165, 1.54) is 0 Å². The quantitative estimate of drug-likeness (QED) is 0.473. The molecular formula is C15H19N3O2S. The zero-order chi connectivity index (χ0) is 14.9. The normalized spacial score (nSPS) is 16.1. The molecule has 0 unspecified atom stereocenters. The van der Waals surface area contributed by atoms with Crippen LogP contribution in [0.15, 0.2) is 24.3 Å². The van der Waals surface area contributed by atoms with E-state index in [1.54, 1.807) is 23.9 Å². The van der Waals surface area contributed by atoms with Gasteiger partial charge in [-0.15, -0.1) is 11.8 Å². The van der Waals surface area contributed by atoms with Crippen molar-refractivity contribution in [2.45, 2.75) is 18.9 Å². The summed E-state index contributed by atoms with van der Waals surface area (Å²) < 4.78 is 5.62. The van der Waals surface area contributed by atoms with Gasteiger partial charge in [0.15, 0.2) is 0 Å². The van der Waals surface area contributed by atoms with Crippen molar-refractivity contribution in [1.29, 1.82) is 5.26 Å². The third-order valence-electron chi connectivity index (χ3n) is 3.46. The fourth-order valence-electron chi connectivity index (χ4n) is 2.23. The summed E-state index contributed by atoms with van der Waals surface area (Å²) in [7, 11) is 0. The monoisotopic (exact) mass is 305 g/mol. The maximum absolute atomic E-state index is 10.4. The number of nitriles is 1. The van der Waals surface area contributed by atoms with E-state index in [0.29, 0.717) is 17.5 Å². The Kier molecular flexibility index (Phi) is 6.38. The number of thioether (sulfide) groups is 1. The molecule has 0 aromatic heterocycles. The molecule has 21 heavy (non-hydrogen) atoms. The largest absolute Gasteiger partial charge is 0.483 e. The van der Waals surface area contributed by atoms with Gasteiger partial charge >= 0.3 is 0 Å². The SMILES string of the molecule is N#Cc1ccc(OCSCN2CCC(NC=O)CC2)cc1. The van der Waals surface area contributed by atoms with Crippen LogP contribution in [0.1, 0.15) is 18.4 Å². The van der Waals surface area contributed by atoms with Crippen molar-refractivity contribution in [2.75, 3.05) is 24.9 Å². The van der Waals surface area contributed by atoms with E-state index in [9.17, 15) is 4.79 Å². The molecule has 1 saturated heterocycles.